The summed E-state index contributed by atoms with van der Waals surface area (Å²) in [5.41, 5.74) is 0.380. The van der Waals surface area contributed by atoms with Gasteiger partial charge in [-0.1, -0.05) is 18.2 Å². The van der Waals surface area contributed by atoms with Crippen molar-refractivity contribution < 1.29 is 19.0 Å². The number of rotatable bonds is 4. The third-order valence-corrected chi connectivity index (χ3v) is 3.54. The number of hydrogen-bond acceptors (Lipinski definition) is 3. The molecular weight excluding hydrogens is 249 g/mol. The van der Waals surface area contributed by atoms with Gasteiger partial charge in [0.1, 0.15) is 5.82 Å². The maximum absolute atomic E-state index is 13.5. The Morgan fingerprint density at radius 2 is 2.26 bits per heavy atom. The van der Waals surface area contributed by atoms with Crippen LogP contribution >= 0.6 is 0 Å². The van der Waals surface area contributed by atoms with Crippen LogP contribution in [0.5, 0.6) is 0 Å². The van der Waals surface area contributed by atoms with Crippen LogP contribution in [-0.2, 0) is 16.0 Å². The number of likely N-dealkylation sites (tertiary alicyclic amines) is 1. The Morgan fingerprint density at radius 3 is 2.89 bits per heavy atom. The zero-order chi connectivity index (χ0) is 13.8. The smallest absolute Gasteiger partial charge is 0.227 e. The SMILES string of the molecule is CO[C@@H]1C[C@@H](CO)N(C(=O)Cc2ccccc2F)C1. The highest BCUT2D eigenvalue weighted by atomic mass is 19.1. The van der Waals surface area contributed by atoms with Crippen LogP contribution in [0.1, 0.15) is 12.0 Å². The van der Waals surface area contributed by atoms with Gasteiger partial charge in [0.15, 0.2) is 0 Å². The number of benzene rings is 1. The zero-order valence-electron chi connectivity index (χ0n) is 10.9. The Kier molecular flexibility index (Phi) is 4.50. The second kappa shape index (κ2) is 6.12. The maximum Gasteiger partial charge on any atom is 0.227 e. The first-order valence-corrected chi connectivity index (χ1v) is 6.32. The minimum atomic E-state index is -0.376. The van der Waals surface area contributed by atoms with Crippen molar-refractivity contribution in [2.45, 2.75) is 25.0 Å². The highest BCUT2D eigenvalue weighted by Crippen LogP contribution is 2.21. The van der Waals surface area contributed by atoms with Crippen molar-refractivity contribution in [1.29, 1.82) is 0 Å². The van der Waals surface area contributed by atoms with E-state index in [2.05, 4.69) is 0 Å². The number of amides is 1. The van der Waals surface area contributed by atoms with Crippen LogP contribution in [0.25, 0.3) is 0 Å². The van der Waals surface area contributed by atoms with Crippen LogP contribution < -0.4 is 0 Å². The molecule has 1 aromatic rings. The van der Waals surface area contributed by atoms with Crippen molar-refractivity contribution in [3.05, 3.63) is 35.6 Å². The molecule has 1 amide bonds. The Morgan fingerprint density at radius 1 is 1.53 bits per heavy atom. The van der Waals surface area contributed by atoms with Crippen LogP contribution in [0.15, 0.2) is 24.3 Å². The summed E-state index contributed by atoms with van der Waals surface area (Å²) in [4.78, 5) is 13.8. The number of carbonyl (C=O) groups excluding carboxylic acids is 1. The lowest BCUT2D eigenvalue weighted by atomic mass is 10.1. The quantitative estimate of drug-likeness (QED) is 0.884. The van der Waals surface area contributed by atoms with Crippen LogP contribution in [-0.4, -0.2) is 48.3 Å². The second-order valence-corrected chi connectivity index (χ2v) is 4.74. The van der Waals surface area contributed by atoms with Crippen LogP contribution in [0.4, 0.5) is 4.39 Å². The molecule has 104 valence electrons. The fourth-order valence-electron chi connectivity index (χ4n) is 2.43. The molecule has 0 saturated carbocycles. The van der Waals surface area contributed by atoms with Crippen molar-refractivity contribution in [2.75, 3.05) is 20.3 Å². The molecule has 0 aliphatic carbocycles. The predicted octanol–water partition coefficient (Wildman–Crippen LogP) is 0.976. The van der Waals surface area contributed by atoms with Gasteiger partial charge in [-0.3, -0.25) is 4.79 Å². The van der Waals surface area contributed by atoms with E-state index in [-0.39, 0.29) is 36.9 Å². The lowest BCUT2D eigenvalue weighted by Crippen LogP contribution is -2.39. The first-order chi connectivity index (χ1) is 9.15. The predicted molar refractivity (Wildman–Crippen MR) is 68.1 cm³/mol. The number of aliphatic hydroxyl groups is 1. The highest BCUT2D eigenvalue weighted by Gasteiger charge is 2.34. The molecule has 1 aromatic carbocycles. The van der Waals surface area contributed by atoms with E-state index in [1.165, 1.54) is 6.07 Å². The van der Waals surface area contributed by atoms with Crippen molar-refractivity contribution in [3.63, 3.8) is 0 Å². The van der Waals surface area contributed by atoms with E-state index >= 15 is 0 Å². The van der Waals surface area contributed by atoms with Gasteiger partial charge in [-0.15, -0.1) is 0 Å². The van der Waals surface area contributed by atoms with E-state index in [0.29, 0.717) is 18.5 Å². The third-order valence-electron chi connectivity index (χ3n) is 3.54. The minimum Gasteiger partial charge on any atom is -0.394 e. The van der Waals surface area contributed by atoms with Gasteiger partial charge in [0.05, 0.1) is 25.2 Å². The van der Waals surface area contributed by atoms with Crippen molar-refractivity contribution in [2.24, 2.45) is 0 Å². The molecule has 0 spiro atoms. The largest absolute Gasteiger partial charge is 0.394 e. The van der Waals surface area contributed by atoms with E-state index in [0.717, 1.165) is 0 Å². The molecule has 2 atom stereocenters. The average Bonchev–Trinajstić information content (AvgIpc) is 2.84. The fraction of sp³-hybridized carbons (Fsp3) is 0.500. The second-order valence-electron chi connectivity index (χ2n) is 4.74. The van der Waals surface area contributed by atoms with E-state index < -0.39 is 0 Å². The Bertz CT molecular complexity index is 452. The molecule has 0 radical (unpaired) electrons. The summed E-state index contributed by atoms with van der Waals surface area (Å²) in [7, 11) is 1.59. The molecule has 2 rings (SSSR count). The molecule has 0 bridgehead atoms. The lowest BCUT2D eigenvalue weighted by Gasteiger charge is -2.22. The minimum absolute atomic E-state index is 0.0135. The number of nitrogens with zero attached hydrogens (tertiary/aromatic N) is 1. The fourth-order valence-corrected chi connectivity index (χ4v) is 2.43. The van der Waals surface area contributed by atoms with Gasteiger partial charge in [0.25, 0.3) is 0 Å². The number of hydrogen-bond donors (Lipinski definition) is 1. The molecule has 0 aromatic heterocycles. The summed E-state index contributed by atoms with van der Waals surface area (Å²) in [6.07, 6.45) is 0.581. The van der Waals surface area contributed by atoms with Gasteiger partial charge < -0.3 is 14.7 Å². The molecule has 0 unspecified atom stereocenters. The zero-order valence-corrected chi connectivity index (χ0v) is 10.9. The lowest BCUT2D eigenvalue weighted by molar-refractivity contribution is -0.132. The number of ether oxygens (including phenoxy) is 1. The van der Waals surface area contributed by atoms with Crippen LogP contribution in [0.2, 0.25) is 0 Å². The average molecular weight is 267 g/mol. The first-order valence-electron chi connectivity index (χ1n) is 6.32. The Hall–Kier alpha value is -1.46. The van der Waals surface area contributed by atoms with Crippen LogP contribution in [0, 0.1) is 5.82 Å². The summed E-state index contributed by atoms with van der Waals surface area (Å²) in [6, 6.07) is 6.01. The highest BCUT2D eigenvalue weighted by molar-refractivity contribution is 5.79. The van der Waals surface area contributed by atoms with Gasteiger partial charge in [-0.2, -0.15) is 0 Å². The summed E-state index contributed by atoms with van der Waals surface area (Å²) in [5.74, 6) is -0.553. The molecule has 1 saturated heterocycles. The van der Waals surface area contributed by atoms with Gasteiger partial charge in [-0.05, 0) is 18.1 Å². The van der Waals surface area contributed by atoms with Gasteiger partial charge in [0, 0.05) is 13.7 Å². The van der Waals surface area contributed by atoms with E-state index in [4.69, 9.17) is 4.74 Å². The van der Waals surface area contributed by atoms with Gasteiger partial charge in [-0.25, -0.2) is 4.39 Å². The summed E-state index contributed by atoms with van der Waals surface area (Å²) >= 11 is 0. The molecule has 4 nitrogen and oxygen atoms in total. The molecular formula is C14H18FNO3. The molecule has 1 aliphatic heterocycles. The topological polar surface area (TPSA) is 49.8 Å². The molecule has 1 N–H and O–H groups in total. The normalized spacial score (nSPS) is 22.8. The standard InChI is InChI=1S/C14H18FNO3/c1-19-12-7-11(9-17)16(8-12)14(18)6-10-4-2-3-5-13(10)15/h2-5,11-12,17H,6-9H2,1H3/t11-,12+/m0/s1. The molecule has 19 heavy (non-hydrogen) atoms. The molecule has 1 fully saturated rings. The first kappa shape index (κ1) is 14.0. The van der Waals surface area contributed by atoms with Crippen molar-refractivity contribution in [3.8, 4) is 0 Å². The van der Waals surface area contributed by atoms with Crippen molar-refractivity contribution in [1.82, 2.24) is 4.90 Å². The maximum atomic E-state index is 13.5. The summed E-state index contributed by atoms with van der Waals surface area (Å²) in [6.45, 7) is 0.359. The van der Waals surface area contributed by atoms with E-state index in [1.54, 1.807) is 30.2 Å². The summed E-state index contributed by atoms with van der Waals surface area (Å²) < 4.78 is 18.7. The summed E-state index contributed by atoms with van der Waals surface area (Å²) in [5, 5.41) is 9.30. The molecule has 5 heteroatoms. The van der Waals surface area contributed by atoms with E-state index in [9.17, 15) is 14.3 Å². The van der Waals surface area contributed by atoms with Gasteiger partial charge >= 0.3 is 0 Å². The van der Waals surface area contributed by atoms with Crippen molar-refractivity contribution >= 4 is 5.91 Å². The molecule has 1 aliphatic rings. The van der Waals surface area contributed by atoms with Gasteiger partial charge in [0.2, 0.25) is 5.91 Å². The van der Waals surface area contributed by atoms with Crippen LogP contribution in [0.3, 0.4) is 0 Å². The number of aliphatic hydroxyl groups excluding tert-OH is 1. The third kappa shape index (κ3) is 3.11. The number of carbonyl (C=O) groups is 1. The van der Waals surface area contributed by atoms with E-state index in [1.807, 2.05) is 0 Å². The molecule has 1 heterocycles. The number of halogens is 1. The monoisotopic (exact) mass is 267 g/mol. The Labute approximate surface area is 111 Å². The Balaban J connectivity index is 2.05. The number of methoxy groups -OCH3 is 1.